The molecule has 2 heterocycles. The number of para-hydroxylation sites is 1. The van der Waals surface area contributed by atoms with Crippen molar-refractivity contribution in [2.45, 2.75) is 12.8 Å². The molecule has 7 heteroatoms. The molecule has 0 spiro atoms. The number of hydrogen-bond acceptors (Lipinski definition) is 2. The van der Waals surface area contributed by atoms with Crippen LogP contribution in [0.1, 0.15) is 12.1 Å². The van der Waals surface area contributed by atoms with Crippen molar-refractivity contribution in [2.24, 2.45) is 0 Å². The first-order chi connectivity index (χ1) is 13.0. The van der Waals surface area contributed by atoms with Gasteiger partial charge in [-0.25, -0.2) is 13.2 Å². The summed E-state index contributed by atoms with van der Waals surface area (Å²) in [5.74, 6) is -4.84. The molecule has 0 atom stereocenters. The molecule has 1 amide bonds. The van der Waals surface area contributed by atoms with Crippen molar-refractivity contribution in [1.29, 1.82) is 0 Å². The summed E-state index contributed by atoms with van der Waals surface area (Å²) in [6, 6.07) is 11.5. The number of anilines is 1. The Morgan fingerprint density at radius 1 is 1.00 bits per heavy atom. The van der Waals surface area contributed by atoms with E-state index in [4.69, 9.17) is 0 Å². The quantitative estimate of drug-likeness (QED) is 0.512. The average Bonchev–Trinajstić information content (AvgIpc) is 3.05. The summed E-state index contributed by atoms with van der Waals surface area (Å²) in [4.78, 5) is 19.6. The number of carbonyl (C=O) groups excluding carboxylic acids is 1. The Hall–Kier alpha value is -3.35. The number of nitrogens with zero attached hydrogens (tertiary/aromatic N) is 1. The minimum atomic E-state index is -1.61. The molecule has 2 N–H and O–H groups in total. The van der Waals surface area contributed by atoms with E-state index in [1.807, 2.05) is 30.3 Å². The predicted octanol–water partition coefficient (Wildman–Crippen LogP) is 4.70. The number of amides is 1. The number of H-pyrrole nitrogens is 1. The first kappa shape index (κ1) is 17.1. The van der Waals surface area contributed by atoms with Gasteiger partial charge < -0.3 is 10.3 Å². The normalized spacial score (nSPS) is 11.2. The number of halogens is 3. The number of pyridine rings is 1. The molecule has 0 aliphatic carbocycles. The summed E-state index contributed by atoms with van der Waals surface area (Å²) in [6.07, 6.45) is 2.06. The fourth-order valence-electron chi connectivity index (χ4n) is 3.01. The third-order valence-corrected chi connectivity index (χ3v) is 4.36. The lowest BCUT2D eigenvalue weighted by Gasteiger charge is -2.07. The maximum Gasteiger partial charge on any atom is 0.224 e. The molecular formula is C20H14F3N3O. The van der Waals surface area contributed by atoms with Crippen LogP contribution in [0, 0.1) is 17.5 Å². The van der Waals surface area contributed by atoms with Crippen molar-refractivity contribution in [3.63, 3.8) is 0 Å². The summed E-state index contributed by atoms with van der Waals surface area (Å²) in [7, 11) is 0. The van der Waals surface area contributed by atoms with Gasteiger partial charge in [0.1, 0.15) is 0 Å². The third-order valence-electron chi connectivity index (χ3n) is 4.36. The van der Waals surface area contributed by atoms with Crippen LogP contribution in [0.2, 0.25) is 0 Å². The zero-order valence-corrected chi connectivity index (χ0v) is 14.0. The Bertz CT molecular complexity index is 1170. The van der Waals surface area contributed by atoms with E-state index in [1.54, 1.807) is 6.20 Å². The monoisotopic (exact) mass is 369 g/mol. The van der Waals surface area contributed by atoms with Crippen molar-refractivity contribution in [1.82, 2.24) is 9.97 Å². The van der Waals surface area contributed by atoms with Crippen molar-refractivity contribution < 1.29 is 18.0 Å². The van der Waals surface area contributed by atoms with Crippen LogP contribution in [0.3, 0.4) is 0 Å². The van der Waals surface area contributed by atoms with Crippen LogP contribution in [0.15, 0.2) is 48.7 Å². The maximum atomic E-state index is 13.6. The van der Waals surface area contributed by atoms with Crippen LogP contribution in [0.5, 0.6) is 0 Å². The molecule has 136 valence electrons. The molecule has 0 saturated carbocycles. The minimum absolute atomic E-state index is 0.0271. The fourth-order valence-corrected chi connectivity index (χ4v) is 3.01. The second-order valence-electron chi connectivity index (χ2n) is 6.16. The first-order valence-electron chi connectivity index (χ1n) is 8.31. The molecule has 0 fully saturated rings. The molecule has 4 nitrogen and oxygen atoms in total. The van der Waals surface area contributed by atoms with Crippen molar-refractivity contribution in [2.75, 3.05) is 5.32 Å². The Morgan fingerprint density at radius 2 is 1.81 bits per heavy atom. The molecule has 0 saturated heterocycles. The zero-order valence-electron chi connectivity index (χ0n) is 14.0. The molecular weight excluding hydrogens is 355 g/mol. The second kappa shape index (κ2) is 6.75. The molecule has 0 bridgehead atoms. The smallest absolute Gasteiger partial charge is 0.224 e. The molecule has 0 aliphatic heterocycles. The van der Waals surface area contributed by atoms with E-state index in [0.29, 0.717) is 12.1 Å². The Morgan fingerprint density at radius 3 is 2.67 bits per heavy atom. The van der Waals surface area contributed by atoms with Gasteiger partial charge in [0, 0.05) is 28.4 Å². The van der Waals surface area contributed by atoms with Gasteiger partial charge in [-0.3, -0.25) is 9.78 Å². The highest BCUT2D eigenvalue weighted by atomic mass is 19.2. The summed E-state index contributed by atoms with van der Waals surface area (Å²) < 4.78 is 39.8. The highest BCUT2D eigenvalue weighted by Crippen LogP contribution is 2.25. The molecule has 4 rings (SSSR count). The van der Waals surface area contributed by atoms with E-state index < -0.39 is 23.4 Å². The van der Waals surface area contributed by atoms with Crippen molar-refractivity contribution >= 4 is 33.4 Å². The lowest BCUT2D eigenvalue weighted by atomic mass is 10.1. The van der Waals surface area contributed by atoms with Gasteiger partial charge >= 0.3 is 0 Å². The number of hydrogen-bond donors (Lipinski definition) is 2. The molecule has 4 aromatic rings. The van der Waals surface area contributed by atoms with E-state index in [2.05, 4.69) is 15.3 Å². The van der Waals surface area contributed by atoms with Crippen LogP contribution in [-0.4, -0.2) is 15.9 Å². The number of fused-ring (bicyclic) bond motifs is 3. The van der Waals surface area contributed by atoms with E-state index >= 15 is 0 Å². The molecule has 2 aromatic carbocycles. The number of rotatable bonds is 4. The predicted molar refractivity (Wildman–Crippen MR) is 96.9 cm³/mol. The number of nitrogens with one attached hydrogen (secondary N) is 2. The Labute approximate surface area is 152 Å². The number of aryl methyl sites for hydroxylation is 1. The van der Waals surface area contributed by atoms with Crippen LogP contribution in [0.25, 0.3) is 21.8 Å². The van der Waals surface area contributed by atoms with Gasteiger partial charge in [-0.05, 0) is 30.7 Å². The lowest BCUT2D eigenvalue weighted by molar-refractivity contribution is -0.116. The van der Waals surface area contributed by atoms with E-state index in [9.17, 15) is 18.0 Å². The van der Waals surface area contributed by atoms with Gasteiger partial charge in [0.15, 0.2) is 17.5 Å². The van der Waals surface area contributed by atoms with Crippen molar-refractivity contribution in [3.05, 3.63) is 71.8 Å². The second-order valence-corrected chi connectivity index (χ2v) is 6.16. The number of aromatic amines is 1. The highest BCUT2D eigenvalue weighted by molar-refractivity contribution is 6.07. The Kier molecular flexibility index (Phi) is 4.27. The average molecular weight is 369 g/mol. The van der Waals surface area contributed by atoms with E-state index in [1.165, 1.54) is 0 Å². The van der Waals surface area contributed by atoms with E-state index in [0.717, 1.165) is 33.9 Å². The van der Waals surface area contributed by atoms with Crippen LogP contribution in [-0.2, 0) is 11.2 Å². The minimum Gasteiger partial charge on any atom is -0.353 e. The topological polar surface area (TPSA) is 57.8 Å². The molecule has 0 unspecified atom stereocenters. The summed E-state index contributed by atoms with van der Waals surface area (Å²) in [5.41, 5.74) is 2.21. The SMILES string of the molecule is O=C(CCc1cc2c(cn1)[nH]c1ccccc12)Nc1ccc(F)c(F)c1F. The van der Waals surface area contributed by atoms with Gasteiger partial charge in [0.2, 0.25) is 5.91 Å². The highest BCUT2D eigenvalue weighted by Gasteiger charge is 2.15. The Balaban J connectivity index is 1.49. The lowest BCUT2D eigenvalue weighted by Crippen LogP contribution is -2.14. The summed E-state index contributed by atoms with van der Waals surface area (Å²) in [6.45, 7) is 0. The molecule has 27 heavy (non-hydrogen) atoms. The van der Waals surface area contributed by atoms with Gasteiger partial charge in [0.05, 0.1) is 17.4 Å². The van der Waals surface area contributed by atoms with E-state index in [-0.39, 0.29) is 12.1 Å². The van der Waals surface area contributed by atoms with Gasteiger partial charge in [-0.15, -0.1) is 0 Å². The standard InChI is InChI=1S/C20H14F3N3O/c21-14-6-7-16(20(23)19(14)22)26-18(27)8-5-11-9-13-12-3-1-2-4-15(12)25-17(13)10-24-11/h1-4,6-7,9-10,25H,5,8H2,(H,26,27). The van der Waals surface area contributed by atoms with Crippen LogP contribution >= 0.6 is 0 Å². The number of aromatic nitrogens is 2. The summed E-state index contributed by atoms with van der Waals surface area (Å²) >= 11 is 0. The summed E-state index contributed by atoms with van der Waals surface area (Å²) in [5, 5.41) is 4.32. The zero-order chi connectivity index (χ0) is 19.0. The first-order valence-corrected chi connectivity index (χ1v) is 8.31. The fraction of sp³-hybridized carbons (Fsp3) is 0.100. The maximum absolute atomic E-state index is 13.6. The van der Waals surface area contributed by atoms with Crippen LogP contribution < -0.4 is 5.32 Å². The molecule has 2 aromatic heterocycles. The number of benzene rings is 2. The van der Waals surface area contributed by atoms with Crippen LogP contribution in [0.4, 0.5) is 18.9 Å². The molecule has 0 aliphatic rings. The van der Waals surface area contributed by atoms with Gasteiger partial charge in [0.25, 0.3) is 0 Å². The van der Waals surface area contributed by atoms with Crippen molar-refractivity contribution in [3.8, 4) is 0 Å². The molecule has 0 radical (unpaired) electrons. The third kappa shape index (κ3) is 3.23. The van der Waals surface area contributed by atoms with Gasteiger partial charge in [-0.1, -0.05) is 18.2 Å². The largest absolute Gasteiger partial charge is 0.353 e. The van der Waals surface area contributed by atoms with Gasteiger partial charge in [-0.2, -0.15) is 0 Å². The number of carbonyl (C=O) groups is 1.